The Bertz CT molecular complexity index is 399. The van der Waals surface area contributed by atoms with Gasteiger partial charge in [0, 0.05) is 12.7 Å². The van der Waals surface area contributed by atoms with Crippen LogP contribution in [0.1, 0.15) is 122 Å². The standard InChI is InChI=1S/C24H44FN/c1-2-3-4-5-6-7-8-9-10-11-12-13-14-15-16-17-18-19-22-26-23-20-21-24(26)25/h20-21,23H,2-19,22H2,1H3. The van der Waals surface area contributed by atoms with Gasteiger partial charge in [-0.25, -0.2) is 0 Å². The van der Waals surface area contributed by atoms with Crippen molar-refractivity contribution in [3.8, 4) is 0 Å². The van der Waals surface area contributed by atoms with Crippen molar-refractivity contribution in [2.75, 3.05) is 0 Å². The molecule has 2 heteroatoms. The predicted molar refractivity (Wildman–Crippen MR) is 113 cm³/mol. The van der Waals surface area contributed by atoms with Crippen molar-refractivity contribution in [3.63, 3.8) is 0 Å². The molecular formula is C24H44FN. The molecule has 0 fully saturated rings. The summed E-state index contributed by atoms with van der Waals surface area (Å²) in [4.78, 5) is 0. The van der Waals surface area contributed by atoms with Crippen molar-refractivity contribution in [1.29, 1.82) is 0 Å². The minimum Gasteiger partial charge on any atom is -0.325 e. The van der Waals surface area contributed by atoms with Gasteiger partial charge in [-0.2, -0.15) is 4.39 Å². The summed E-state index contributed by atoms with van der Waals surface area (Å²) in [6, 6.07) is 3.32. The van der Waals surface area contributed by atoms with E-state index in [1.165, 1.54) is 115 Å². The molecule has 1 heterocycles. The number of rotatable bonds is 19. The number of halogens is 1. The van der Waals surface area contributed by atoms with Gasteiger partial charge in [-0.3, -0.25) is 0 Å². The van der Waals surface area contributed by atoms with Crippen molar-refractivity contribution >= 4 is 0 Å². The summed E-state index contributed by atoms with van der Waals surface area (Å²) in [7, 11) is 0. The van der Waals surface area contributed by atoms with Crippen molar-refractivity contribution in [1.82, 2.24) is 4.57 Å². The summed E-state index contributed by atoms with van der Waals surface area (Å²) in [5.74, 6) is -0.100. The molecule has 26 heavy (non-hydrogen) atoms. The third-order valence-electron chi connectivity index (χ3n) is 5.53. The molecule has 0 atom stereocenters. The van der Waals surface area contributed by atoms with E-state index < -0.39 is 0 Å². The van der Waals surface area contributed by atoms with Crippen LogP contribution in [0.4, 0.5) is 4.39 Å². The Morgan fingerprint density at radius 2 is 1.00 bits per heavy atom. The molecule has 1 aromatic heterocycles. The van der Waals surface area contributed by atoms with E-state index in [0.29, 0.717) is 0 Å². The zero-order valence-corrected chi connectivity index (χ0v) is 17.5. The lowest BCUT2D eigenvalue weighted by molar-refractivity contribution is 0.468. The van der Waals surface area contributed by atoms with Gasteiger partial charge in [-0.1, -0.05) is 116 Å². The van der Waals surface area contributed by atoms with Crippen molar-refractivity contribution in [3.05, 3.63) is 24.3 Å². The molecule has 0 aliphatic heterocycles. The second-order valence-electron chi connectivity index (χ2n) is 8.03. The van der Waals surface area contributed by atoms with E-state index >= 15 is 0 Å². The second kappa shape index (κ2) is 17.6. The van der Waals surface area contributed by atoms with Crippen LogP contribution in [0.3, 0.4) is 0 Å². The first-order valence-electron chi connectivity index (χ1n) is 11.6. The average Bonchev–Trinajstić information content (AvgIpc) is 3.05. The van der Waals surface area contributed by atoms with Crippen molar-refractivity contribution in [2.45, 2.75) is 129 Å². The molecule has 1 nitrogen and oxygen atoms in total. The molecule has 0 saturated heterocycles. The molecular weight excluding hydrogens is 321 g/mol. The van der Waals surface area contributed by atoms with Gasteiger partial charge in [-0.15, -0.1) is 0 Å². The SMILES string of the molecule is CCCCCCCCCCCCCCCCCCCCn1cccc1F. The molecule has 0 N–H and O–H groups in total. The smallest absolute Gasteiger partial charge is 0.193 e. The van der Waals surface area contributed by atoms with Crippen LogP contribution in [0.5, 0.6) is 0 Å². The van der Waals surface area contributed by atoms with E-state index in [1.54, 1.807) is 10.6 Å². The first-order chi connectivity index (χ1) is 12.8. The predicted octanol–water partition coefficient (Wildman–Crippen LogP) is 8.67. The Morgan fingerprint density at radius 1 is 0.615 bits per heavy atom. The highest BCUT2D eigenvalue weighted by molar-refractivity contribution is 4.93. The first kappa shape index (κ1) is 23.2. The lowest BCUT2D eigenvalue weighted by Crippen LogP contribution is -1.98. The molecule has 0 bridgehead atoms. The topological polar surface area (TPSA) is 4.93 Å². The fraction of sp³-hybridized carbons (Fsp3) is 0.833. The Kier molecular flexibility index (Phi) is 15.8. The van der Waals surface area contributed by atoms with Crippen LogP contribution < -0.4 is 0 Å². The van der Waals surface area contributed by atoms with E-state index in [2.05, 4.69) is 6.92 Å². The monoisotopic (exact) mass is 365 g/mol. The molecule has 1 rings (SSSR count). The highest BCUT2D eigenvalue weighted by atomic mass is 19.1. The van der Waals surface area contributed by atoms with E-state index in [9.17, 15) is 4.39 Å². The minimum atomic E-state index is -0.100. The fourth-order valence-corrected chi connectivity index (χ4v) is 3.76. The highest BCUT2D eigenvalue weighted by Crippen LogP contribution is 2.14. The molecule has 1 aromatic rings. The molecule has 0 unspecified atom stereocenters. The molecule has 152 valence electrons. The van der Waals surface area contributed by atoms with Crippen LogP contribution in [0, 0.1) is 5.95 Å². The quantitative estimate of drug-likeness (QED) is 0.216. The van der Waals surface area contributed by atoms with E-state index in [0.717, 1.165) is 13.0 Å². The molecule has 0 aliphatic carbocycles. The summed E-state index contributed by atoms with van der Waals surface area (Å²) in [6.07, 6.45) is 26.9. The highest BCUT2D eigenvalue weighted by Gasteiger charge is 1.98. The van der Waals surface area contributed by atoms with Gasteiger partial charge in [-0.05, 0) is 18.6 Å². The summed E-state index contributed by atoms with van der Waals surface area (Å²) in [6.45, 7) is 3.12. The normalized spacial score (nSPS) is 11.3. The Hall–Kier alpha value is -0.790. The van der Waals surface area contributed by atoms with Crippen molar-refractivity contribution < 1.29 is 4.39 Å². The fourth-order valence-electron chi connectivity index (χ4n) is 3.76. The van der Waals surface area contributed by atoms with Crippen LogP contribution >= 0.6 is 0 Å². The lowest BCUT2D eigenvalue weighted by Gasteiger charge is -2.05. The third-order valence-corrected chi connectivity index (χ3v) is 5.53. The van der Waals surface area contributed by atoms with Crippen molar-refractivity contribution in [2.24, 2.45) is 0 Å². The number of nitrogens with zero attached hydrogens (tertiary/aromatic N) is 1. The summed E-state index contributed by atoms with van der Waals surface area (Å²) < 4.78 is 14.9. The van der Waals surface area contributed by atoms with E-state index in [4.69, 9.17) is 0 Å². The second-order valence-corrected chi connectivity index (χ2v) is 8.03. The number of unbranched alkanes of at least 4 members (excludes halogenated alkanes) is 17. The Labute approximate surface area is 162 Å². The van der Waals surface area contributed by atoms with Gasteiger partial charge >= 0.3 is 0 Å². The van der Waals surface area contributed by atoms with Crippen LogP contribution in [-0.4, -0.2) is 4.57 Å². The summed E-state index contributed by atoms with van der Waals surface area (Å²) in [5, 5.41) is 0. The maximum atomic E-state index is 13.2. The van der Waals surface area contributed by atoms with Crippen LogP contribution in [0.2, 0.25) is 0 Å². The van der Waals surface area contributed by atoms with Gasteiger partial charge in [0.1, 0.15) is 0 Å². The van der Waals surface area contributed by atoms with Gasteiger partial charge in [0.2, 0.25) is 0 Å². The zero-order chi connectivity index (χ0) is 18.7. The summed E-state index contributed by atoms with van der Waals surface area (Å²) >= 11 is 0. The number of aryl methyl sites for hydroxylation is 1. The Balaban J connectivity index is 1.69. The molecule has 0 amide bonds. The van der Waals surface area contributed by atoms with E-state index in [1.807, 2.05) is 6.20 Å². The van der Waals surface area contributed by atoms with Crippen LogP contribution in [-0.2, 0) is 6.54 Å². The largest absolute Gasteiger partial charge is 0.325 e. The molecule has 0 aliphatic rings. The first-order valence-corrected chi connectivity index (χ1v) is 11.6. The number of hydrogen-bond donors (Lipinski definition) is 0. The maximum absolute atomic E-state index is 13.2. The average molecular weight is 366 g/mol. The van der Waals surface area contributed by atoms with Gasteiger partial charge < -0.3 is 4.57 Å². The van der Waals surface area contributed by atoms with Crippen LogP contribution in [0.25, 0.3) is 0 Å². The number of hydrogen-bond acceptors (Lipinski definition) is 0. The Morgan fingerprint density at radius 3 is 1.35 bits per heavy atom. The summed E-state index contributed by atoms with van der Waals surface area (Å²) in [5.41, 5.74) is 0. The lowest BCUT2D eigenvalue weighted by atomic mass is 10.0. The molecule has 0 saturated carbocycles. The van der Waals surface area contributed by atoms with Gasteiger partial charge in [0.15, 0.2) is 5.95 Å². The van der Waals surface area contributed by atoms with Crippen LogP contribution in [0.15, 0.2) is 18.3 Å². The molecule has 0 aromatic carbocycles. The molecule has 0 spiro atoms. The van der Waals surface area contributed by atoms with E-state index in [-0.39, 0.29) is 5.95 Å². The third kappa shape index (κ3) is 13.4. The number of aromatic nitrogens is 1. The van der Waals surface area contributed by atoms with Gasteiger partial charge in [0.25, 0.3) is 0 Å². The minimum absolute atomic E-state index is 0.100. The zero-order valence-electron chi connectivity index (χ0n) is 17.5. The maximum Gasteiger partial charge on any atom is 0.193 e. The van der Waals surface area contributed by atoms with Gasteiger partial charge in [0.05, 0.1) is 0 Å². The molecule has 0 radical (unpaired) electrons.